The van der Waals surface area contributed by atoms with Gasteiger partial charge in [0.25, 0.3) is 0 Å². The Bertz CT molecular complexity index is 339. The summed E-state index contributed by atoms with van der Waals surface area (Å²) in [6.45, 7) is 3.01. The zero-order chi connectivity index (χ0) is 11.3. The number of carbonyl (C=O) groups excluding carboxylic acids is 1. The normalized spacial score (nSPS) is 9.73. The predicted molar refractivity (Wildman–Crippen MR) is 58.6 cm³/mol. The number of rotatable bonds is 3. The minimum Gasteiger partial charge on any atom is -0.508 e. The van der Waals surface area contributed by atoms with E-state index >= 15 is 0 Å². The highest BCUT2D eigenvalue weighted by atomic mass is 16.3. The van der Waals surface area contributed by atoms with Crippen LogP contribution in [0.4, 0.5) is 4.79 Å². The molecule has 2 N–H and O–H groups in total. The van der Waals surface area contributed by atoms with Crippen molar-refractivity contribution in [1.29, 1.82) is 0 Å². The summed E-state index contributed by atoms with van der Waals surface area (Å²) in [5.74, 6) is 0.214. The molecule has 0 aliphatic heterocycles. The summed E-state index contributed by atoms with van der Waals surface area (Å²) < 4.78 is 0. The Morgan fingerprint density at radius 1 is 1.53 bits per heavy atom. The minimum absolute atomic E-state index is 0.110. The van der Waals surface area contributed by atoms with Crippen molar-refractivity contribution in [2.45, 2.75) is 13.5 Å². The second kappa shape index (κ2) is 5.24. The zero-order valence-electron chi connectivity index (χ0n) is 9.03. The van der Waals surface area contributed by atoms with Gasteiger partial charge in [0.05, 0.1) is 0 Å². The van der Waals surface area contributed by atoms with Crippen molar-refractivity contribution >= 4 is 6.03 Å². The molecule has 82 valence electrons. The standard InChI is InChI=1S/C11H16N2O2/c1-3-13(2)11(15)12-8-9-5-4-6-10(14)7-9/h4-7,14H,3,8H2,1-2H3,(H,12,15). The molecule has 0 saturated carbocycles. The number of urea groups is 1. The van der Waals surface area contributed by atoms with Crippen LogP contribution < -0.4 is 5.32 Å². The molecular formula is C11H16N2O2. The number of phenolic OH excluding ortho intramolecular Hbond substituents is 1. The Balaban J connectivity index is 2.47. The molecular weight excluding hydrogens is 192 g/mol. The molecule has 4 nitrogen and oxygen atoms in total. The number of benzene rings is 1. The molecule has 1 aromatic rings. The highest BCUT2D eigenvalue weighted by Crippen LogP contribution is 2.10. The largest absolute Gasteiger partial charge is 0.508 e. The van der Waals surface area contributed by atoms with E-state index in [2.05, 4.69) is 5.32 Å². The first-order valence-electron chi connectivity index (χ1n) is 4.90. The third-order valence-corrected chi connectivity index (χ3v) is 2.18. The van der Waals surface area contributed by atoms with Gasteiger partial charge in [0, 0.05) is 20.1 Å². The third-order valence-electron chi connectivity index (χ3n) is 2.18. The van der Waals surface area contributed by atoms with Crippen LogP contribution in [0.5, 0.6) is 5.75 Å². The maximum atomic E-state index is 11.4. The average molecular weight is 208 g/mol. The van der Waals surface area contributed by atoms with Gasteiger partial charge in [-0.2, -0.15) is 0 Å². The summed E-state index contributed by atoms with van der Waals surface area (Å²) in [4.78, 5) is 13.0. The van der Waals surface area contributed by atoms with Crippen molar-refractivity contribution in [3.8, 4) is 5.75 Å². The first-order valence-corrected chi connectivity index (χ1v) is 4.90. The third kappa shape index (κ3) is 3.50. The van der Waals surface area contributed by atoms with Crippen LogP contribution >= 0.6 is 0 Å². The smallest absolute Gasteiger partial charge is 0.317 e. The zero-order valence-corrected chi connectivity index (χ0v) is 9.03. The topological polar surface area (TPSA) is 52.6 Å². The predicted octanol–water partition coefficient (Wildman–Crippen LogP) is 1.55. The molecule has 1 rings (SSSR count). The highest BCUT2D eigenvalue weighted by Gasteiger charge is 2.04. The van der Waals surface area contributed by atoms with Crippen molar-refractivity contribution in [1.82, 2.24) is 10.2 Å². The van der Waals surface area contributed by atoms with E-state index in [-0.39, 0.29) is 11.8 Å². The molecule has 0 atom stereocenters. The lowest BCUT2D eigenvalue weighted by atomic mass is 10.2. The molecule has 0 radical (unpaired) electrons. The Morgan fingerprint density at radius 3 is 2.87 bits per heavy atom. The van der Waals surface area contributed by atoms with E-state index in [4.69, 9.17) is 0 Å². The van der Waals surface area contributed by atoms with Crippen LogP contribution in [-0.2, 0) is 6.54 Å². The van der Waals surface area contributed by atoms with Crippen molar-refractivity contribution in [2.24, 2.45) is 0 Å². The number of nitrogens with one attached hydrogen (secondary N) is 1. The van der Waals surface area contributed by atoms with Gasteiger partial charge >= 0.3 is 6.03 Å². The fourth-order valence-electron chi connectivity index (χ4n) is 1.12. The summed E-state index contributed by atoms with van der Waals surface area (Å²) in [7, 11) is 1.73. The van der Waals surface area contributed by atoms with Crippen LogP contribution in [0.2, 0.25) is 0 Å². The van der Waals surface area contributed by atoms with Crippen molar-refractivity contribution in [3.63, 3.8) is 0 Å². The number of phenols is 1. The minimum atomic E-state index is -0.110. The summed E-state index contributed by atoms with van der Waals surface area (Å²) >= 11 is 0. The fraction of sp³-hybridized carbons (Fsp3) is 0.364. The summed E-state index contributed by atoms with van der Waals surface area (Å²) in [5, 5.41) is 12.0. The first-order chi connectivity index (χ1) is 7.13. The fourth-order valence-corrected chi connectivity index (χ4v) is 1.12. The van der Waals surface area contributed by atoms with Gasteiger partial charge in [0.2, 0.25) is 0 Å². The number of nitrogens with zero attached hydrogens (tertiary/aromatic N) is 1. The first kappa shape index (κ1) is 11.4. The van der Waals surface area contributed by atoms with Crippen molar-refractivity contribution in [3.05, 3.63) is 29.8 Å². The van der Waals surface area contributed by atoms with Crippen molar-refractivity contribution in [2.75, 3.05) is 13.6 Å². The van der Waals surface area contributed by atoms with Gasteiger partial charge in [-0.05, 0) is 24.6 Å². The van der Waals surface area contributed by atoms with Crippen LogP contribution in [0.3, 0.4) is 0 Å². The molecule has 0 heterocycles. The molecule has 2 amide bonds. The maximum Gasteiger partial charge on any atom is 0.317 e. The lowest BCUT2D eigenvalue weighted by Gasteiger charge is -2.15. The van der Waals surface area contributed by atoms with Crippen LogP contribution in [0.15, 0.2) is 24.3 Å². The van der Waals surface area contributed by atoms with Gasteiger partial charge in [0.1, 0.15) is 5.75 Å². The number of hydrogen-bond donors (Lipinski definition) is 2. The monoisotopic (exact) mass is 208 g/mol. The van der Waals surface area contributed by atoms with Crippen LogP contribution in [-0.4, -0.2) is 29.6 Å². The van der Waals surface area contributed by atoms with E-state index in [1.165, 1.54) is 0 Å². The Hall–Kier alpha value is -1.71. The number of aromatic hydroxyl groups is 1. The molecule has 0 aromatic heterocycles. The summed E-state index contributed by atoms with van der Waals surface area (Å²) in [6.07, 6.45) is 0. The van der Waals surface area contributed by atoms with Crippen LogP contribution in [0.1, 0.15) is 12.5 Å². The van der Waals surface area contributed by atoms with E-state index in [1.54, 1.807) is 30.1 Å². The van der Waals surface area contributed by atoms with Gasteiger partial charge in [-0.25, -0.2) is 4.79 Å². The second-order valence-corrected chi connectivity index (χ2v) is 3.34. The maximum absolute atomic E-state index is 11.4. The van der Waals surface area contributed by atoms with Gasteiger partial charge in [0.15, 0.2) is 0 Å². The Kier molecular flexibility index (Phi) is 3.97. The number of hydrogen-bond acceptors (Lipinski definition) is 2. The molecule has 0 fully saturated rings. The van der Waals surface area contributed by atoms with Gasteiger partial charge < -0.3 is 15.3 Å². The molecule has 4 heteroatoms. The SMILES string of the molecule is CCN(C)C(=O)NCc1cccc(O)c1. The van der Waals surface area contributed by atoms with E-state index in [0.29, 0.717) is 13.1 Å². The van der Waals surface area contributed by atoms with Gasteiger partial charge in [-0.1, -0.05) is 12.1 Å². The molecule has 0 aliphatic carbocycles. The van der Waals surface area contributed by atoms with Crippen molar-refractivity contribution < 1.29 is 9.90 Å². The molecule has 0 saturated heterocycles. The second-order valence-electron chi connectivity index (χ2n) is 3.34. The van der Waals surface area contributed by atoms with E-state index in [1.807, 2.05) is 13.0 Å². The molecule has 15 heavy (non-hydrogen) atoms. The lowest BCUT2D eigenvalue weighted by Crippen LogP contribution is -2.36. The molecule has 1 aromatic carbocycles. The van der Waals surface area contributed by atoms with E-state index in [9.17, 15) is 9.90 Å². The quantitative estimate of drug-likeness (QED) is 0.792. The van der Waals surface area contributed by atoms with Crippen LogP contribution in [0, 0.1) is 0 Å². The van der Waals surface area contributed by atoms with Gasteiger partial charge in [-0.15, -0.1) is 0 Å². The Morgan fingerprint density at radius 2 is 2.27 bits per heavy atom. The lowest BCUT2D eigenvalue weighted by molar-refractivity contribution is 0.210. The molecule has 0 spiro atoms. The average Bonchev–Trinajstić information content (AvgIpc) is 2.25. The van der Waals surface area contributed by atoms with E-state index in [0.717, 1.165) is 5.56 Å². The number of carbonyl (C=O) groups is 1. The molecule has 0 aliphatic rings. The highest BCUT2D eigenvalue weighted by molar-refractivity contribution is 5.73. The molecule has 0 unspecified atom stereocenters. The van der Waals surface area contributed by atoms with E-state index < -0.39 is 0 Å². The van der Waals surface area contributed by atoms with Crippen LogP contribution in [0.25, 0.3) is 0 Å². The Labute approximate surface area is 89.5 Å². The summed E-state index contributed by atoms with van der Waals surface area (Å²) in [6, 6.07) is 6.73. The number of amides is 2. The van der Waals surface area contributed by atoms with Gasteiger partial charge in [-0.3, -0.25) is 0 Å². The summed E-state index contributed by atoms with van der Waals surface area (Å²) in [5.41, 5.74) is 0.882. The molecule has 0 bridgehead atoms.